The van der Waals surface area contributed by atoms with Crippen molar-refractivity contribution < 1.29 is 9.84 Å². The van der Waals surface area contributed by atoms with Crippen LogP contribution in [0.1, 0.15) is 43.4 Å². The van der Waals surface area contributed by atoms with E-state index in [1.165, 1.54) is 18.4 Å². The molecular formula is C15H22O2. The van der Waals surface area contributed by atoms with Gasteiger partial charge in [-0.1, -0.05) is 37.6 Å². The van der Waals surface area contributed by atoms with E-state index in [0.29, 0.717) is 5.92 Å². The van der Waals surface area contributed by atoms with Gasteiger partial charge in [0, 0.05) is 7.11 Å². The molecule has 94 valence electrons. The van der Waals surface area contributed by atoms with Crippen LogP contribution in [-0.4, -0.2) is 18.3 Å². The fraction of sp³-hybridized carbons (Fsp3) is 0.600. The summed E-state index contributed by atoms with van der Waals surface area (Å²) in [4.78, 5) is 0. The molecule has 2 unspecified atom stereocenters. The molecule has 0 radical (unpaired) electrons. The molecule has 0 amide bonds. The van der Waals surface area contributed by atoms with Gasteiger partial charge in [0.1, 0.15) is 6.10 Å². The van der Waals surface area contributed by atoms with Gasteiger partial charge in [-0.3, -0.25) is 0 Å². The Hall–Kier alpha value is -0.860. The lowest BCUT2D eigenvalue weighted by atomic mass is 9.99. The lowest BCUT2D eigenvalue weighted by Gasteiger charge is -2.21. The second-order valence-corrected chi connectivity index (χ2v) is 4.97. The van der Waals surface area contributed by atoms with Crippen LogP contribution in [0.5, 0.6) is 0 Å². The summed E-state index contributed by atoms with van der Waals surface area (Å²) in [5, 5.41) is 10.3. The number of rotatable bonds is 6. The van der Waals surface area contributed by atoms with Crippen LogP contribution in [0.2, 0.25) is 0 Å². The van der Waals surface area contributed by atoms with Crippen LogP contribution in [0, 0.1) is 5.92 Å². The van der Waals surface area contributed by atoms with E-state index in [-0.39, 0.29) is 6.10 Å². The van der Waals surface area contributed by atoms with Gasteiger partial charge in [-0.2, -0.15) is 0 Å². The third kappa shape index (κ3) is 3.08. The largest absolute Gasteiger partial charge is 0.386 e. The molecule has 1 aromatic carbocycles. The van der Waals surface area contributed by atoms with Crippen LogP contribution in [0.3, 0.4) is 0 Å². The Kier molecular flexibility index (Phi) is 4.19. The van der Waals surface area contributed by atoms with Crippen molar-refractivity contribution >= 4 is 0 Å². The highest BCUT2D eigenvalue weighted by Gasteiger charge is 2.36. The lowest BCUT2D eigenvalue weighted by Crippen LogP contribution is -2.23. The van der Waals surface area contributed by atoms with Crippen molar-refractivity contribution in [3.63, 3.8) is 0 Å². The number of hydrogen-bond acceptors (Lipinski definition) is 2. The molecule has 1 N–H and O–H groups in total. The van der Waals surface area contributed by atoms with E-state index < -0.39 is 6.10 Å². The zero-order valence-electron chi connectivity index (χ0n) is 10.7. The van der Waals surface area contributed by atoms with Gasteiger partial charge in [0.25, 0.3) is 0 Å². The first-order chi connectivity index (χ1) is 8.26. The number of aliphatic hydroxyl groups is 1. The Bertz CT molecular complexity index is 340. The van der Waals surface area contributed by atoms with Gasteiger partial charge in [-0.25, -0.2) is 0 Å². The first kappa shape index (κ1) is 12.6. The maximum Gasteiger partial charge on any atom is 0.105 e. The van der Waals surface area contributed by atoms with Crippen LogP contribution in [0.25, 0.3) is 0 Å². The van der Waals surface area contributed by atoms with Crippen molar-refractivity contribution in [2.45, 2.75) is 44.8 Å². The van der Waals surface area contributed by atoms with Crippen LogP contribution >= 0.6 is 0 Å². The highest BCUT2D eigenvalue weighted by atomic mass is 16.5. The normalized spacial score (nSPS) is 19.0. The molecule has 0 spiro atoms. The SMILES string of the molecule is CCCc1ccc(C(O)C(OC)C2CC2)cc1. The van der Waals surface area contributed by atoms with Gasteiger partial charge in [0.15, 0.2) is 0 Å². The maximum atomic E-state index is 10.3. The molecule has 0 bridgehead atoms. The summed E-state index contributed by atoms with van der Waals surface area (Å²) in [5.74, 6) is 0.547. The highest BCUT2D eigenvalue weighted by Crippen LogP contribution is 2.39. The molecule has 2 rings (SSSR count). The molecule has 1 aliphatic carbocycles. The minimum absolute atomic E-state index is 0.0352. The van der Waals surface area contributed by atoms with Gasteiger partial charge >= 0.3 is 0 Å². The van der Waals surface area contributed by atoms with Crippen LogP contribution in [-0.2, 0) is 11.2 Å². The predicted octanol–water partition coefficient (Wildman–Crippen LogP) is 3.10. The smallest absolute Gasteiger partial charge is 0.105 e. The Morgan fingerprint density at radius 1 is 1.29 bits per heavy atom. The average molecular weight is 234 g/mol. The summed E-state index contributed by atoms with van der Waals surface area (Å²) in [6, 6.07) is 8.29. The van der Waals surface area contributed by atoms with Gasteiger partial charge in [-0.15, -0.1) is 0 Å². The zero-order chi connectivity index (χ0) is 12.3. The van der Waals surface area contributed by atoms with E-state index in [1.54, 1.807) is 7.11 Å². The third-order valence-corrected chi connectivity index (χ3v) is 3.53. The molecule has 1 aromatic rings. The van der Waals surface area contributed by atoms with Crippen molar-refractivity contribution in [1.82, 2.24) is 0 Å². The summed E-state index contributed by atoms with van der Waals surface area (Å²) in [5.41, 5.74) is 2.31. The molecule has 2 nitrogen and oxygen atoms in total. The number of hydrogen-bond donors (Lipinski definition) is 1. The van der Waals surface area contributed by atoms with Gasteiger partial charge in [0.2, 0.25) is 0 Å². The number of aliphatic hydroxyl groups excluding tert-OH is 1. The Labute approximate surface area is 104 Å². The third-order valence-electron chi connectivity index (χ3n) is 3.53. The number of ether oxygens (including phenoxy) is 1. The molecule has 1 fully saturated rings. The fourth-order valence-corrected chi connectivity index (χ4v) is 2.36. The van der Waals surface area contributed by atoms with Gasteiger partial charge in [-0.05, 0) is 36.3 Å². The van der Waals surface area contributed by atoms with Gasteiger partial charge < -0.3 is 9.84 Å². The molecule has 0 aromatic heterocycles. The minimum Gasteiger partial charge on any atom is -0.386 e. The van der Waals surface area contributed by atoms with E-state index in [1.807, 2.05) is 12.1 Å². The number of benzene rings is 1. The standard InChI is InChI=1S/C15H22O2/c1-3-4-11-5-7-12(8-6-11)14(16)15(17-2)13-9-10-13/h5-8,13-16H,3-4,9-10H2,1-2H3. The maximum absolute atomic E-state index is 10.3. The Balaban J connectivity index is 2.04. The molecule has 0 heterocycles. The summed E-state index contributed by atoms with van der Waals surface area (Å²) in [7, 11) is 1.69. The fourth-order valence-electron chi connectivity index (χ4n) is 2.36. The average Bonchev–Trinajstić information content (AvgIpc) is 3.16. The summed E-state index contributed by atoms with van der Waals surface area (Å²) < 4.78 is 5.42. The molecule has 0 aliphatic heterocycles. The van der Waals surface area contributed by atoms with E-state index in [2.05, 4.69) is 19.1 Å². The topological polar surface area (TPSA) is 29.5 Å². The number of aryl methyl sites for hydroxylation is 1. The molecular weight excluding hydrogens is 212 g/mol. The van der Waals surface area contributed by atoms with Crippen LogP contribution in [0.15, 0.2) is 24.3 Å². The van der Waals surface area contributed by atoms with E-state index >= 15 is 0 Å². The monoisotopic (exact) mass is 234 g/mol. The summed E-state index contributed by atoms with van der Waals surface area (Å²) in [6.45, 7) is 2.18. The zero-order valence-corrected chi connectivity index (χ0v) is 10.7. The molecule has 17 heavy (non-hydrogen) atoms. The quantitative estimate of drug-likeness (QED) is 0.819. The van der Waals surface area contributed by atoms with Crippen molar-refractivity contribution in [2.75, 3.05) is 7.11 Å². The van der Waals surface area contributed by atoms with E-state index in [4.69, 9.17) is 4.74 Å². The van der Waals surface area contributed by atoms with Crippen molar-refractivity contribution in [2.24, 2.45) is 5.92 Å². The van der Waals surface area contributed by atoms with E-state index in [0.717, 1.165) is 18.4 Å². The van der Waals surface area contributed by atoms with Crippen molar-refractivity contribution in [1.29, 1.82) is 0 Å². The van der Waals surface area contributed by atoms with Crippen molar-refractivity contribution in [3.05, 3.63) is 35.4 Å². The molecule has 1 saturated carbocycles. The second-order valence-electron chi connectivity index (χ2n) is 4.97. The van der Waals surface area contributed by atoms with Crippen LogP contribution < -0.4 is 0 Å². The minimum atomic E-state index is -0.483. The summed E-state index contributed by atoms with van der Waals surface area (Å²) in [6.07, 6.45) is 4.11. The summed E-state index contributed by atoms with van der Waals surface area (Å²) >= 11 is 0. The van der Waals surface area contributed by atoms with E-state index in [9.17, 15) is 5.11 Å². The molecule has 2 atom stereocenters. The molecule has 0 saturated heterocycles. The molecule has 2 heteroatoms. The molecule has 1 aliphatic rings. The van der Waals surface area contributed by atoms with Crippen LogP contribution in [0.4, 0.5) is 0 Å². The number of methoxy groups -OCH3 is 1. The first-order valence-corrected chi connectivity index (χ1v) is 6.56. The predicted molar refractivity (Wildman–Crippen MR) is 68.9 cm³/mol. The first-order valence-electron chi connectivity index (χ1n) is 6.56. The Morgan fingerprint density at radius 3 is 2.41 bits per heavy atom. The second kappa shape index (κ2) is 5.65. The van der Waals surface area contributed by atoms with Crippen molar-refractivity contribution in [3.8, 4) is 0 Å². The lowest BCUT2D eigenvalue weighted by molar-refractivity contribution is -0.0259. The Morgan fingerprint density at radius 2 is 1.94 bits per heavy atom. The van der Waals surface area contributed by atoms with Gasteiger partial charge in [0.05, 0.1) is 6.10 Å². The highest BCUT2D eigenvalue weighted by molar-refractivity contribution is 5.25.